The SMILES string of the molecule is CCCCCCOc1ccc(-c2nnc(-c3ccc(C)cc3)s2)cc1. The summed E-state index contributed by atoms with van der Waals surface area (Å²) >= 11 is 1.61. The van der Waals surface area contributed by atoms with Crippen molar-refractivity contribution in [2.45, 2.75) is 39.5 Å². The molecule has 130 valence electrons. The average molecular weight is 353 g/mol. The number of hydrogen-bond acceptors (Lipinski definition) is 4. The summed E-state index contributed by atoms with van der Waals surface area (Å²) in [6, 6.07) is 16.5. The van der Waals surface area contributed by atoms with Crippen LogP contribution >= 0.6 is 11.3 Å². The number of hydrogen-bond donors (Lipinski definition) is 0. The fraction of sp³-hybridized carbons (Fsp3) is 0.333. The van der Waals surface area contributed by atoms with Crippen LogP contribution in [0.5, 0.6) is 5.75 Å². The minimum absolute atomic E-state index is 0.787. The molecule has 0 saturated heterocycles. The monoisotopic (exact) mass is 352 g/mol. The lowest BCUT2D eigenvalue weighted by Gasteiger charge is -2.06. The highest BCUT2D eigenvalue weighted by atomic mass is 32.1. The molecule has 0 radical (unpaired) electrons. The molecule has 3 nitrogen and oxygen atoms in total. The minimum Gasteiger partial charge on any atom is -0.494 e. The third-order valence-corrected chi connectivity index (χ3v) is 5.11. The molecule has 3 aromatic rings. The van der Waals surface area contributed by atoms with Crippen molar-refractivity contribution in [2.24, 2.45) is 0 Å². The van der Waals surface area contributed by atoms with Crippen LogP contribution in [-0.2, 0) is 0 Å². The van der Waals surface area contributed by atoms with E-state index in [4.69, 9.17) is 4.74 Å². The average Bonchev–Trinajstić information content (AvgIpc) is 3.13. The van der Waals surface area contributed by atoms with Crippen molar-refractivity contribution in [1.29, 1.82) is 0 Å². The molecule has 25 heavy (non-hydrogen) atoms. The van der Waals surface area contributed by atoms with Gasteiger partial charge in [-0.05, 0) is 37.6 Å². The van der Waals surface area contributed by atoms with E-state index in [1.807, 2.05) is 12.1 Å². The summed E-state index contributed by atoms with van der Waals surface area (Å²) in [5, 5.41) is 10.6. The van der Waals surface area contributed by atoms with Crippen LogP contribution in [0.2, 0.25) is 0 Å². The first-order valence-electron chi connectivity index (χ1n) is 8.90. The number of aryl methyl sites for hydroxylation is 1. The molecule has 4 heteroatoms. The molecule has 0 saturated carbocycles. The Hall–Kier alpha value is -2.20. The smallest absolute Gasteiger partial charge is 0.148 e. The lowest BCUT2D eigenvalue weighted by molar-refractivity contribution is 0.305. The third-order valence-electron chi connectivity index (χ3n) is 4.09. The number of unbranched alkanes of at least 4 members (excludes halogenated alkanes) is 3. The lowest BCUT2D eigenvalue weighted by Crippen LogP contribution is -1.96. The first-order valence-corrected chi connectivity index (χ1v) is 9.71. The Balaban J connectivity index is 1.62. The van der Waals surface area contributed by atoms with E-state index in [-0.39, 0.29) is 0 Å². The molecule has 0 aliphatic carbocycles. The predicted molar refractivity (Wildman–Crippen MR) is 105 cm³/mol. The van der Waals surface area contributed by atoms with Gasteiger partial charge in [0, 0.05) is 11.1 Å². The van der Waals surface area contributed by atoms with Crippen molar-refractivity contribution in [3.63, 3.8) is 0 Å². The van der Waals surface area contributed by atoms with E-state index in [2.05, 4.69) is 60.4 Å². The van der Waals surface area contributed by atoms with Gasteiger partial charge in [-0.3, -0.25) is 0 Å². The number of benzene rings is 2. The van der Waals surface area contributed by atoms with Crippen LogP contribution in [0.3, 0.4) is 0 Å². The van der Waals surface area contributed by atoms with Crippen LogP contribution in [0.15, 0.2) is 48.5 Å². The molecule has 0 unspecified atom stereocenters. The Morgan fingerprint density at radius 1 is 0.800 bits per heavy atom. The number of ether oxygens (including phenoxy) is 1. The van der Waals surface area contributed by atoms with E-state index < -0.39 is 0 Å². The molecule has 0 aliphatic rings. The van der Waals surface area contributed by atoms with Crippen molar-refractivity contribution >= 4 is 11.3 Å². The van der Waals surface area contributed by atoms with Crippen LogP contribution in [0.4, 0.5) is 0 Å². The maximum absolute atomic E-state index is 5.80. The van der Waals surface area contributed by atoms with Gasteiger partial charge in [-0.15, -0.1) is 10.2 Å². The molecule has 0 spiro atoms. The van der Waals surface area contributed by atoms with E-state index in [1.165, 1.54) is 24.8 Å². The van der Waals surface area contributed by atoms with Crippen molar-refractivity contribution in [2.75, 3.05) is 6.61 Å². The quantitative estimate of drug-likeness (QED) is 0.457. The van der Waals surface area contributed by atoms with Gasteiger partial charge < -0.3 is 4.74 Å². The van der Waals surface area contributed by atoms with Gasteiger partial charge in [-0.1, -0.05) is 67.4 Å². The molecular weight excluding hydrogens is 328 g/mol. The topological polar surface area (TPSA) is 35.0 Å². The maximum Gasteiger partial charge on any atom is 0.148 e. The van der Waals surface area contributed by atoms with Gasteiger partial charge in [0.1, 0.15) is 15.8 Å². The first kappa shape index (κ1) is 17.6. The molecule has 1 aromatic heterocycles. The van der Waals surface area contributed by atoms with Crippen molar-refractivity contribution in [1.82, 2.24) is 10.2 Å². The summed E-state index contributed by atoms with van der Waals surface area (Å²) < 4.78 is 5.80. The van der Waals surface area contributed by atoms with E-state index in [0.29, 0.717) is 0 Å². The molecule has 0 aliphatic heterocycles. The van der Waals surface area contributed by atoms with Crippen LogP contribution in [0.25, 0.3) is 21.1 Å². The summed E-state index contributed by atoms with van der Waals surface area (Å²) in [5.74, 6) is 0.920. The van der Waals surface area contributed by atoms with Crippen LogP contribution in [0, 0.1) is 6.92 Å². The predicted octanol–water partition coefficient (Wildman–Crippen LogP) is 6.14. The summed E-state index contributed by atoms with van der Waals surface area (Å²) in [6.07, 6.45) is 4.89. The molecule has 0 amide bonds. The molecule has 2 aromatic carbocycles. The molecular formula is C21H24N2OS. The van der Waals surface area contributed by atoms with E-state index in [0.717, 1.165) is 39.9 Å². The Kier molecular flexibility index (Phi) is 6.18. The number of nitrogens with zero attached hydrogens (tertiary/aromatic N) is 2. The van der Waals surface area contributed by atoms with Crippen molar-refractivity contribution in [3.8, 4) is 26.9 Å². The summed E-state index contributed by atoms with van der Waals surface area (Å²) in [5.41, 5.74) is 3.44. The number of rotatable bonds is 8. The van der Waals surface area contributed by atoms with Gasteiger partial charge in [-0.2, -0.15) is 0 Å². The largest absolute Gasteiger partial charge is 0.494 e. The Morgan fingerprint density at radius 2 is 1.40 bits per heavy atom. The lowest BCUT2D eigenvalue weighted by atomic mass is 10.2. The first-order chi connectivity index (χ1) is 12.3. The van der Waals surface area contributed by atoms with E-state index in [9.17, 15) is 0 Å². The van der Waals surface area contributed by atoms with Crippen LogP contribution in [-0.4, -0.2) is 16.8 Å². The van der Waals surface area contributed by atoms with Crippen molar-refractivity contribution < 1.29 is 4.74 Å². The highest BCUT2D eigenvalue weighted by molar-refractivity contribution is 7.17. The van der Waals surface area contributed by atoms with Crippen LogP contribution < -0.4 is 4.74 Å². The number of aromatic nitrogens is 2. The summed E-state index contributed by atoms with van der Waals surface area (Å²) in [4.78, 5) is 0. The summed E-state index contributed by atoms with van der Waals surface area (Å²) in [7, 11) is 0. The van der Waals surface area contributed by atoms with Gasteiger partial charge in [-0.25, -0.2) is 0 Å². The Bertz CT molecular complexity index is 778. The van der Waals surface area contributed by atoms with Gasteiger partial charge in [0.2, 0.25) is 0 Å². The molecule has 3 rings (SSSR count). The molecule has 1 heterocycles. The summed E-state index contributed by atoms with van der Waals surface area (Å²) in [6.45, 7) is 5.09. The molecule has 0 fully saturated rings. The second-order valence-electron chi connectivity index (χ2n) is 6.21. The molecule has 0 N–H and O–H groups in total. The third kappa shape index (κ3) is 4.89. The molecule has 0 atom stereocenters. The maximum atomic E-state index is 5.80. The van der Waals surface area contributed by atoms with E-state index >= 15 is 0 Å². The highest BCUT2D eigenvalue weighted by Gasteiger charge is 2.08. The highest BCUT2D eigenvalue weighted by Crippen LogP contribution is 2.30. The zero-order chi connectivity index (χ0) is 17.5. The second kappa shape index (κ2) is 8.77. The Labute approximate surface area is 153 Å². The van der Waals surface area contributed by atoms with Crippen LogP contribution in [0.1, 0.15) is 38.2 Å². The zero-order valence-electron chi connectivity index (χ0n) is 14.9. The molecule has 0 bridgehead atoms. The van der Waals surface area contributed by atoms with E-state index in [1.54, 1.807) is 11.3 Å². The van der Waals surface area contributed by atoms with Gasteiger partial charge in [0.15, 0.2) is 0 Å². The minimum atomic E-state index is 0.787. The Morgan fingerprint density at radius 3 is 2.00 bits per heavy atom. The van der Waals surface area contributed by atoms with Gasteiger partial charge >= 0.3 is 0 Å². The fourth-order valence-corrected chi connectivity index (χ4v) is 3.42. The van der Waals surface area contributed by atoms with Crippen molar-refractivity contribution in [3.05, 3.63) is 54.1 Å². The zero-order valence-corrected chi connectivity index (χ0v) is 15.7. The van der Waals surface area contributed by atoms with Gasteiger partial charge in [0.25, 0.3) is 0 Å². The fourth-order valence-electron chi connectivity index (χ4n) is 2.57. The van der Waals surface area contributed by atoms with Gasteiger partial charge in [0.05, 0.1) is 6.61 Å². The standard InChI is InChI=1S/C21H24N2OS/c1-3-4-5-6-15-24-19-13-11-18(12-14-19)21-23-22-20(25-21)17-9-7-16(2)8-10-17/h7-14H,3-6,15H2,1-2H3. The normalized spacial score (nSPS) is 10.8. The second-order valence-corrected chi connectivity index (χ2v) is 7.19.